The van der Waals surface area contributed by atoms with Gasteiger partial charge < -0.3 is 4.74 Å². The van der Waals surface area contributed by atoms with Gasteiger partial charge >= 0.3 is 0 Å². The molecule has 1 aromatic rings. The predicted molar refractivity (Wildman–Crippen MR) is 59.8 cm³/mol. The molecule has 82 valence electrons. The Morgan fingerprint density at radius 3 is 2.67 bits per heavy atom. The summed E-state index contributed by atoms with van der Waals surface area (Å²) in [5.74, 6) is 0. The van der Waals surface area contributed by atoms with Gasteiger partial charge in [0.15, 0.2) is 0 Å². The molecule has 0 radical (unpaired) electrons. The summed E-state index contributed by atoms with van der Waals surface area (Å²) in [7, 11) is 0. The van der Waals surface area contributed by atoms with Crippen molar-refractivity contribution in [2.45, 2.75) is 19.9 Å². The van der Waals surface area contributed by atoms with E-state index in [0.717, 1.165) is 32.0 Å². The van der Waals surface area contributed by atoms with Crippen LogP contribution in [0.3, 0.4) is 0 Å². The fraction of sp³-hybridized carbons (Fsp3) is 0.583. The first-order valence-electron chi connectivity index (χ1n) is 5.52. The lowest BCUT2D eigenvalue weighted by Gasteiger charge is -2.32. The Kier molecular flexibility index (Phi) is 3.34. The molecule has 0 bridgehead atoms. The van der Waals surface area contributed by atoms with Gasteiger partial charge in [0.1, 0.15) is 0 Å². The Balaban J connectivity index is 2.05. The quantitative estimate of drug-likeness (QED) is 0.737. The molecule has 0 aliphatic carbocycles. The Labute approximate surface area is 91.1 Å². The molecule has 2 rings (SSSR count). The number of aryl methyl sites for hydroxylation is 1. The van der Waals surface area contributed by atoms with Gasteiger partial charge in [0.25, 0.3) is 0 Å². The van der Waals surface area contributed by atoms with Gasteiger partial charge in [0, 0.05) is 31.0 Å². The summed E-state index contributed by atoms with van der Waals surface area (Å²) >= 11 is 0. The van der Waals surface area contributed by atoms with Crippen LogP contribution in [0.25, 0.3) is 0 Å². The van der Waals surface area contributed by atoms with Crippen molar-refractivity contribution in [1.82, 2.24) is 9.88 Å². The van der Waals surface area contributed by atoms with Crippen molar-refractivity contribution in [3.63, 3.8) is 0 Å². The number of pyridine rings is 1. The third-order valence-electron chi connectivity index (χ3n) is 3.01. The average Bonchev–Trinajstić information content (AvgIpc) is 2.30. The predicted octanol–water partition coefficient (Wildman–Crippen LogP) is 1.78. The molecule has 1 aliphatic heterocycles. The number of hydrogen-bond donors (Lipinski definition) is 0. The highest BCUT2D eigenvalue weighted by molar-refractivity contribution is 5.16. The maximum Gasteiger partial charge on any atom is 0.0594 e. The zero-order chi connectivity index (χ0) is 10.7. The molecule has 1 saturated heterocycles. The highest BCUT2D eigenvalue weighted by Gasteiger charge is 2.18. The van der Waals surface area contributed by atoms with E-state index in [1.54, 1.807) is 0 Å². The minimum atomic E-state index is 0.446. The summed E-state index contributed by atoms with van der Waals surface area (Å²) in [5, 5.41) is 0. The van der Waals surface area contributed by atoms with E-state index in [1.807, 2.05) is 13.1 Å². The molecule has 0 N–H and O–H groups in total. The Morgan fingerprint density at radius 2 is 2.07 bits per heavy atom. The van der Waals surface area contributed by atoms with Crippen LogP contribution in [0.4, 0.5) is 0 Å². The summed E-state index contributed by atoms with van der Waals surface area (Å²) in [6.45, 7) is 8.00. The largest absolute Gasteiger partial charge is 0.379 e. The SMILES string of the molecule is Cc1ccc([C@H](C)N2CCOCC2)cn1. The molecule has 3 heteroatoms. The molecule has 1 fully saturated rings. The van der Waals surface area contributed by atoms with Crippen molar-refractivity contribution in [3.05, 3.63) is 29.6 Å². The molecule has 1 aromatic heterocycles. The first kappa shape index (κ1) is 10.6. The van der Waals surface area contributed by atoms with Crippen LogP contribution in [0.2, 0.25) is 0 Å². The van der Waals surface area contributed by atoms with Gasteiger partial charge in [-0.25, -0.2) is 0 Å². The average molecular weight is 206 g/mol. The van der Waals surface area contributed by atoms with Gasteiger partial charge in [-0.2, -0.15) is 0 Å². The Morgan fingerprint density at radius 1 is 1.33 bits per heavy atom. The second-order valence-corrected chi connectivity index (χ2v) is 4.06. The van der Waals surface area contributed by atoms with Crippen molar-refractivity contribution in [2.24, 2.45) is 0 Å². The van der Waals surface area contributed by atoms with Crippen molar-refractivity contribution in [3.8, 4) is 0 Å². The molecule has 0 spiro atoms. The molecule has 0 amide bonds. The van der Waals surface area contributed by atoms with Gasteiger partial charge in [-0.1, -0.05) is 6.07 Å². The molecular weight excluding hydrogens is 188 g/mol. The summed E-state index contributed by atoms with van der Waals surface area (Å²) in [6.07, 6.45) is 1.98. The second-order valence-electron chi connectivity index (χ2n) is 4.06. The smallest absolute Gasteiger partial charge is 0.0594 e. The zero-order valence-electron chi connectivity index (χ0n) is 9.44. The van der Waals surface area contributed by atoms with E-state index in [1.165, 1.54) is 5.56 Å². The third-order valence-corrected chi connectivity index (χ3v) is 3.01. The zero-order valence-corrected chi connectivity index (χ0v) is 9.44. The molecule has 3 nitrogen and oxygen atoms in total. The van der Waals surface area contributed by atoms with Crippen LogP contribution in [-0.2, 0) is 4.74 Å². The number of nitrogens with zero attached hydrogens (tertiary/aromatic N) is 2. The monoisotopic (exact) mass is 206 g/mol. The molecule has 0 unspecified atom stereocenters. The maximum atomic E-state index is 5.35. The fourth-order valence-corrected chi connectivity index (χ4v) is 1.90. The first-order valence-corrected chi connectivity index (χ1v) is 5.52. The number of rotatable bonds is 2. The molecule has 1 aliphatic rings. The topological polar surface area (TPSA) is 25.4 Å². The van der Waals surface area contributed by atoms with Crippen LogP contribution >= 0.6 is 0 Å². The van der Waals surface area contributed by atoms with Gasteiger partial charge in [-0.3, -0.25) is 9.88 Å². The highest BCUT2D eigenvalue weighted by Crippen LogP contribution is 2.20. The van der Waals surface area contributed by atoms with Crippen LogP contribution in [0.5, 0.6) is 0 Å². The van der Waals surface area contributed by atoms with Gasteiger partial charge in [0.05, 0.1) is 13.2 Å². The minimum Gasteiger partial charge on any atom is -0.379 e. The number of aromatic nitrogens is 1. The normalized spacial score (nSPS) is 20.1. The van der Waals surface area contributed by atoms with Crippen LogP contribution in [-0.4, -0.2) is 36.2 Å². The second kappa shape index (κ2) is 4.73. The molecule has 2 heterocycles. The van der Waals surface area contributed by atoms with Crippen molar-refractivity contribution in [2.75, 3.05) is 26.3 Å². The molecular formula is C12H18N2O. The van der Waals surface area contributed by atoms with E-state index < -0.39 is 0 Å². The molecule has 1 atom stereocenters. The standard InChI is InChI=1S/C12H18N2O/c1-10-3-4-12(9-13-10)11(2)14-5-7-15-8-6-14/h3-4,9,11H,5-8H2,1-2H3/t11-/m0/s1. The number of morpholine rings is 1. The highest BCUT2D eigenvalue weighted by atomic mass is 16.5. The minimum absolute atomic E-state index is 0.446. The van der Waals surface area contributed by atoms with Crippen LogP contribution in [0.1, 0.15) is 24.2 Å². The summed E-state index contributed by atoms with van der Waals surface area (Å²) in [4.78, 5) is 6.78. The van der Waals surface area contributed by atoms with Crippen molar-refractivity contribution >= 4 is 0 Å². The van der Waals surface area contributed by atoms with Crippen LogP contribution in [0, 0.1) is 6.92 Å². The lowest BCUT2D eigenvalue weighted by Crippen LogP contribution is -2.38. The lowest BCUT2D eigenvalue weighted by molar-refractivity contribution is 0.0198. The van der Waals surface area contributed by atoms with Gasteiger partial charge in [-0.05, 0) is 25.5 Å². The molecule has 15 heavy (non-hydrogen) atoms. The van der Waals surface area contributed by atoms with Crippen LogP contribution < -0.4 is 0 Å². The van der Waals surface area contributed by atoms with E-state index in [2.05, 4.69) is 28.9 Å². The van der Waals surface area contributed by atoms with Crippen molar-refractivity contribution in [1.29, 1.82) is 0 Å². The summed E-state index contributed by atoms with van der Waals surface area (Å²) < 4.78 is 5.35. The molecule has 0 aromatic carbocycles. The van der Waals surface area contributed by atoms with Gasteiger partial charge in [0.2, 0.25) is 0 Å². The first-order chi connectivity index (χ1) is 7.27. The third kappa shape index (κ3) is 2.55. The van der Waals surface area contributed by atoms with E-state index in [4.69, 9.17) is 4.74 Å². The van der Waals surface area contributed by atoms with E-state index in [-0.39, 0.29) is 0 Å². The van der Waals surface area contributed by atoms with Crippen LogP contribution in [0.15, 0.2) is 18.3 Å². The number of hydrogen-bond acceptors (Lipinski definition) is 3. The Hall–Kier alpha value is -0.930. The van der Waals surface area contributed by atoms with Gasteiger partial charge in [-0.15, -0.1) is 0 Å². The Bertz CT molecular complexity index is 304. The number of ether oxygens (including phenoxy) is 1. The molecule has 0 saturated carbocycles. The van der Waals surface area contributed by atoms with E-state index in [9.17, 15) is 0 Å². The summed E-state index contributed by atoms with van der Waals surface area (Å²) in [5.41, 5.74) is 2.37. The lowest BCUT2D eigenvalue weighted by atomic mass is 10.1. The van der Waals surface area contributed by atoms with E-state index in [0.29, 0.717) is 6.04 Å². The maximum absolute atomic E-state index is 5.35. The fourth-order valence-electron chi connectivity index (χ4n) is 1.90. The van der Waals surface area contributed by atoms with Crippen molar-refractivity contribution < 1.29 is 4.74 Å². The van der Waals surface area contributed by atoms with E-state index >= 15 is 0 Å². The summed E-state index contributed by atoms with van der Waals surface area (Å²) in [6, 6.07) is 4.69.